The van der Waals surface area contributed by atoms with E-state index in [9.17, 15) is 5.26 Å². The molecule has 0 fully saturated rings. The van der Waals surface area contributed by atoms with Crippen LogP contribution in [0.1, 0.15) is 16.7 Å². The Morgan fingerprint density at radius 2 is 1.86 bits per heavy atom. The van der Waals surface area contributed by atoms with E-state index in [1.165, 1.54) is 16.0 Å². The number of nitrogens with zero attached hydrogens (tertiary/aromatic N) is 1. The van der Waals surface area contributed by atoms with E-state index in [0.717, 1.165) is 5.56 Å². The Morgan fingerprint density at radius 3 is 2.43 bits per heavy atom. The lowest BCUT2D eigenvalue weighted by Crippen LogP contribution is -2.41. The third-order valence-corrected chi connectivity index (χ3v) is 5.01. The van der Waals surface area contributed by atoms with E-state index < -0.39 is 5.54 Å². The van der Waals surface area contributed by atoms with Gasteiger partial charge in [0.25, 0.3) is 0 Å². The quantitative estimate of drug-likeness (QED) is 0.846. The highest BCUT2D eigenvalue weighted by molar-refractivity contribution is 7.99. The molecule has 0 saturated carbocycles. The van der Waals surface area contributed by atoms with Gasteiger partial charge < -0.3 is 0 Å². The van der Waals surface area contributed by atoms with E-state index in [1.807, 2.05) is 37.4 Å². The van der Waals surface area contributed by atoms with Crippen molar-refractivity contribution in [2.24, 2.45) is 0 Å². The second kappa shape index (κ2) is 6.80. The number of hydrogen-bond acceptors (Lipinski definition) is 3. The standard InChI is InChI=1S/C18H20N2S/c1-14-9-10-17(15(2)11-14)21-13-18(12-19,20-3)16-7-5-4-6-8-16/h4-11,20H,13H2,1-3H3. The molecule has 0 amide bonds. The van der Waals surface area contributed by atoms with E-state index in [2.05, 4.69) is 43.4 Å². The summed E-state index contributed by atoms with van der Waals surface area (Å²) >= 11 is 1.72. The van der Waals surface area contributed by atoms with Gasteiger partial charge in [-0.25, -0.2) is 0 Å². The lowest BCUT2D eigenvalue weighted by molar-refractivity contribution is 0.528. The highest BCUT2D eigenvalue weighted by atomic mass is 32.2. The number of benzene rings is 2. The lowest BCUT2D eigenvalue weighted by Gasteiger charge is -2.26. The maximum atomic E-state index is 9.70. The van der Waals surface area contributed by atoms with Gasteiger partial charge in [-0.3, -0.25) is 5.32 Å². The van der Waals surface area contributed by atoms with Gasteiger partial charge in [-0.1, -0.05) is 48.0 Å². The summed E-state index contributed by atoms with van der Waals surface area (Å²) in [4.78, 5) is 1.23. The Bertz CT molecular complexity index is 646. The minimum Gasteiger partial charge on any atom is -0.298 e. The lowest BCUT2D eigenvalue weighted by atomic mass is 9.94. The molecule has 2 rings (SSSR count). The first-order valence-corrected chi connectivity index (χ1v) is 7.95. The van der Waals surface area contributed by atoms with Crippen molar-refractivity contribution < 1.29 is 0 Å². The van der Waals surface area contributed by atoms with Crippen LogP contribution in [0.15, 0.2) is 53.4 Å². The van der Waals surface area contributed by atoms with Crippen LogP contribution in [0.25, 0.3) is 0 Å². The molecule has 0 bridgehead atoms. The van der Waals surface area contributed by atoms with Crippen molar-refractivity contribution in [3.05, 3.63) is 65.2 Å². The first-order chi connectivity index (χ1) is 10.1. The van der Waals surface area contributed by atoms with Crippen LogP contribution in [0.2, 0.25) is 0 Å². The van der Waals surface area contributed by atoms with Gasteiger partial charge >= 0.3 is 0 Å². The van der Waals surface area contributed by atoms with Crippen molar-refractivity contribution >= 4 is 11.8 Å². The van der Waals surface area contributed by atoms with E-state index >= 15 is 0 Å². The number of aryl methyl sites for hydroxylation is 2. The first kappa shape index (κ1) is 15.6. The number of nitriles is 1. The summed E-state index contributed by atoms with van der Waals surface area (Å²) in [6.07, 6.45) is 0. The molecule has 1 N–H and O–H groups in total. The number of thioether (sulfide) groups is 1. The smallest absolute Gasteiger partial charge is 0.141 e. The molecule has 0 heterocycles. The second-order valence-corrected chi connectivity index (χ2v) is 6.21. The zero-order valence-corrected chi connectivity index (χ0v) is 13.5. The molecule has 2 aromatic carbocycles. The van der Waals surface area contributed by atoms with Crippen molar-refractivity contribution in [2.75, 3.05) is 12.8 Å². The molecule has 21 heavy (non-hydrogen) atoms. The number of hydrogen-bond donors (Lipinski definition) is 1. The Morgan fingerprint density at radius 1 is 1.14 bits per heavy atom. The van der Waals surface area contributed by atoms with Crippen LogP contribution in [0, 0.1) is 25.2 Å². The molecular formula is C18H20N2S. The SMILES string of the molecule is CNC(C#N)(CSc1ccc(C)cc1C)c1ccccc1. The molecule has 0 aliphatic heterocycles. The highest BCUT2D eigenvalue weighted by Crippen LogP contribution is 2.31. The molecule has 0 spiro atoms. The molecule has 0 aliphatic rings. The molecule has 2 aromatic rings. The van der Waals surface area contributed by atoms with Gasteiger partial charge in [0.1, 0.15) is 5.54 Å². The Labute approximate surface area is 131 Å². The summed E-state index contributed by atoms with van der Waals surface area (Å²) in [7, 11) is 1.85. The van der Waals surface area contributed by atoms with Crippen LogP contribution in [0.3, 0.4) is 0 Å². The number of nitrogens with one attached hydrogen (secondary N) is 1. The van der Waals surface area contributed by atoms with Gasteiger partial charge in [0.15, 0.2) is 0 Å². The van der Waals surface area contributed by atoms with Crippen LogP contribution in [-0.4, -0.2) is 12.8 Å². The average molecular weight is 296 g/mol. The third kappa shape index (κ3) is 3.47. The van der Waals surface area contributed by atoms with E-state index in [1.54, 1.807) is 11.8 Å². The molecule has 0 aliphatic carbocycles. The maximum absolute atomic E-state index is 9.70. The topological polar surface area (TPSA) is 35.8 Å². The van der Waals surface area contributed by atoms with Crippen LogP contribution >= 0.6 is 11.8 Å². The van der Waals surface area contributed by atoms with Crippen molar-refractivity contribution in [3.8, 4) is 6.07 Å². The zero-order chi connectivity index (χ0) is 15.3. The van der Waals surface area contributed by atoms with Crippen LogP contribution in [0.4, 0.5) is 0 Å². The molecule has 3 heteroatoms. The van der Waals surface area contributed by atoms with E-state index in [4.69, 9.17) is 0 Å². The number of rotatable bonds is 5. The van der Waals surface area contributed by atoms with Crippen LogP contribution in [-0.2, 0) is 5.54 Å². The molecule has 0 radical (unpaired) electrons. The largest absolute Gasteiger partial charge is 0.298 e. The molecule has 0 saturated heterocycles. The molecule has 2 nitrogen and oxygen atoms in total. The predicted octanol–water partition coefficient (Wildman–Crippen LogP) is 4.03. The van der Waals surface area contributed by atoms with Crippen molar-refractivity contribution in [1.82, 2.24) is 5.32 Å². The molecule has 108 valence electrons. The third-order valence-electron chi connectivity index (χ3n) is 3.66. The summed E-state index contributed by atoms with van der Waals surface area (Å²) in [5.74, 6) is 0.675. The normalized spacial score (nSPS) is 13.4. The van der Waals surface area contributed by atoms with Gasteiger partial charge in [-0.15, -0.1) is 11.8 Å². The first-order valence-electron chi connectivity index (χ1n) is 6.97. The minimum atomic E-state index is -0.663. The fraction of sp³-hybridized carbons (Fsp3) is 0.278. The van der Waals surface area contributed by atoms with Gasteiger partial charge in [0.05, 0.1) is 6.07 Å². The van der Waals surface area contributed by atoms with Gasteiger partial charge in [0, 0.05) is 10.6 Å². The molecule has 1 unspecified atom stereocenters. The molecule has 0 aromatic heterocycles. The maximum Gasteiger partial charge on any atom is 0.141 e. The summed E-state index contributed by atoms with van der Waals surface area (Å²) in [6.45, 7) is 4.21. The van der Waals surface area contributed by atoms with Gasteiger partial charge in [-0.2, -0.15) is 5.26 Å². The average Bonchev–Trinajstić information content (AvgIpc) is 2.51. The van der Waals surface area contributed by atoms with Crippen molar-refractivity contribution in [2.45, 2.75) is 24.3 Å². The minimum absolute atomic E-state index is 0.663. The second-order valence-electron chi connectivity index (χ2n) is 5.19. The van der Waals surface area contributed by atoms with Gasteiger partial charge in [-0.05, 0) is 38.1 Å². The van der Waals surface area contributed by atoms with E-state index in [-0.39, 0.29) is 0 Å². The van der Waals surface area contributed by atoms with E-state index in [0.29, 0.717) is 5.75 Å². The summed E-state index contributed by atoms with van der Waals surface area (Å²) in [5.41, 5.74) is 2.87. The summed E-state index contributed by atoms with van der Waals surface area (Å²) in [6, 6.07) is 18.8. The molecule has 1 atom stereocenters. The van der Waals surface area contributed by atoms with Crippen LogP contribution < -0.4 is 5.32 Å². The Hall–Kier alpha value is -1.76. The van der Waals surface area contributed by atoms with Crippen molar-refractivity contribution in [3.63, 3.8) is 0 Å². The molecular weight excluding hydrogens is 276 g/mol. The Kier molecular flexibility index (Phi) is 5.06. The predicted molar refractivity (Wildman–Crippen MR) is 89.4 cm³/mol. The zero-order valence-electron chi connectivity index (χ0n) is 12.7. The highest BCUT2D eigenvalue weighted by Gasteiger charge is 2.30. The Balaban J connectivity index is 2.24. The fourth-order valence-corrected chi connectivity index (χ4v) is 3.52. The van der Waals surface area contributed by atoms with Crippen LogP contribution in [0.5, 0.6) is 0 Å². The summed E-state index contributed by atoms with van der Waals surface area (Å²) in [5, 5.41) is 12.9. The monoisotopic (exact) mass is 296 g/mol. The fourth-order valence-electron chi connectivity index (χ4n) is 2.32. The van der Waals surface area contributed by atoms with Gasteiger partial charge in [0.2, 0.25) is 0 Å². The van der Waals surface area contributed by atoms with Crippen molar-refractivity contribution in [1.29, 1.82) is 5.26 Å². The summed E-state index contributed by atoms with van der Waals surface area (Å²) < 4.78 is 0.